The number of hydrogen-bond acceptors (Lipinski definition) is 4. The molecule has 0 unspecified atom stereocenters. The van der Waals surface area contributed by atoms with E-state index in [4.69, 9.17) is 4.74 Å². The maximum absolute atomic E-state index is 9.46. The number of imidazole rings is 1. The molecule has 0 aliphatic carbocycles. The van der Waals surface area contributed by atoms with Gasteiger partial charge in [-0.1, -0.05) is 0 Å². The van der Waals surface area contributed by atoms with Crippen molar-refractivity contribution in [2.45, 2.75) is 0 Å². The molecule has 0 aliphatic rings. The zero-order valence-corrected chi connectivity index (χ0v) is 11.6. The molecule has 0 saturated carbocycles. The number of halogens is 1. The third kappa shape index (κ3) is 2.15. The SMILES string of the molecule is COc1cc(O)ccc1-c1nc2cc(Br)cnc2[nH]1. The van der Waals surface area contributed by atoms with Crippen molar-refractivity contribution in [3.05, 3.63) is 34.9 Å². The van der Waals surface area contributed by atoms with Crippen LogP contribution < -0.4 is 4.74 Å². The lowest BCUT2D eigenvalue weighted by Gasteiger charge is -2.05. The van der Waals surface area contributed by atoms with Crippen molar-refractivity contribution in [1.29, 1.82) is 0 Å². The van der Waals surface area contributed by atoms with Gasteiger partial charge in [0.05, 0.1) is 12.7 Å². The van der Waals surface area contributed by atoms with Crippen LogP contribution in [0.5, 0.6) is 11.5 Å². The van der Waals surface area contributed by atoms with Crippen molar-refractivity contribution in [2.24, 2.45) is 0 Å². The van der Waals surface area contributed by atoms with Gasteiger partial charge in [-0.05, 0) is 34.1 Å². The van der Waals surface area contributed by atoms with E-state index >= 15 is 0 Å². The number of fused-ring (bicyclic) bond motifs is 1. The van der Waals surface area contributed by atoms with E-state index in [9.17, 15) is 5.11 Å². The molecule has 0 spiro atoms. The monoisotopic (exact) mass is 319 g/mol. The summed E-state index contributed by atoms with van der Waals surface area (Å²) in [6.45, 7) is 0. The lowest BCUT2D eigenvalue weighted by atomic mass is 10.2. The fraction of sp³-hybridized carbons (Fsp3) is 0.0769. The number of aromatic nitrogens is 3. The molecule has 19 heavy (non-hydrogen) atoms. The van der Waals surface area contributed by atoms with E-state index in [0.29, 0.717) is 17.2 Å². The molecule has 3 aromatic rings. The lowest BCUT2D eigenvalue weighted by molar-refractivity contribution is 0.409. The largest absolute Gasteiger partial charge is 0.508 e. The Labute approximate surface area is 117 Å². The van der Waals surface area contributed by atoms with E-state index in [1.807, 2.05) is 6.07 Å². The van der Waals surface area contributed by atoms with Gasteiger partial charge < -0.3 is 14.8 Å². The first-order valence-corrected chi connectivity index (χ1v) is 6.35. The molecule has 6 heteroatoms. The van der Waals surface area contributed by atoms with E-state index in [0.717, 1.165) is 15.6 Å². The van der Waals surface area contributed by atoms with Gasteiger partial charge in [0, 0.05) is 16.7 Å². The number of phenols is 1. The van der Waals surface area contributed by atoms with E-state index < -0.39 is 0 Å². The zero-order chi connectivity index (χ0) is 13.4. The Kier molecular flexibility index (Phi) is 2.87. The number of methoxy groups -OCH3 is 1. The van der Waals surface area contributed by atoms with Crippen molar-refractivity contribution >= 4 is 27.1 Å². The Morgan fingerprint density at radius 3 is 2.95 bits per heavy atom. The smallest absolute Gasteiger partial charge is 0.157 e. The quantitative estimate of drug-likeness (QED) is 0.761. The maximum atomic E-state index is 9.46. The summed E-state index contributed by atoms with van der Waals surface area (Å²) >= 11 is 3.36. The highest BCUT2D eigenvalue weighted by molar-refractivity contribution is 9.10. The van der Waals surface area contributed by atoms with Crippen molar-refractivity contribution in [1.82, 2.24) is 15.0 Å². The number of ether oxygens (including phenoxy) is 1. The molecule has 96 valence electrons. The summed E-state index contributed by atoms with van der Waals surface area (Å²) in [4.78, 5) is 11.8. The highest BCUT2D eigenvalue weighted by atomic mass is 79.9. The molecule has 1 aromatic carbocycles. The zero-order valence-electron chi connectivity index (χ0n) is 10.0. The number of rotatable bonds is 2. The summed E-state index contributed by atoms with van der Waals surface area (Å²) in [6.07, 6.45) is 1.71. The van der Waals surface area contributed by atoms with Gasteiger partial charge >= 0.3 is 0 Å². The summed E-state index contributed by atoms with van der Waals surface area (Å²) in [5, 5.41) is 9.46. The van der Waals surface area contributed by atoms with E-state index in [1.165, 1.54) is 0 Å². The van der Waals surface area contributed by atoms with Crippen LogP contribution in [-0.4, -0.2) is 27.2 Å². The van der Waals surface area contributed by atoms with E-state index in [-0.39, 0.29) is 5.75 Å². The van der Waals surface area contributed by atoms with Crippen LogP contribution in [0.1, 0.15) is 0 Å². The second-order valence-corrected chi connectivity index (χ2v) is 4.91. The predicted molar refractivity (Wildman–Crippen MR) is 75.2 cm³/mol. The van der Waals surface area contributed by atoms with E-state index in [1.54, 1.807) is 31.5 Å². The average molecular weight is 320 g/mol. The van der Waals surface area contributed by atoms with Crippen LogP contribution in [0.2, 0.25) is 0 Å². The third-order valence-corrected chi connectivity index (χ3v) is 3.18. The number of pyridine rings is 1. The van der Waals surface area contributed by atoms with Gasteiger partial charge in [-0.25, -0.2) is 9.97 Å². The van der Waals surface area contributed by atoms with Gasteiger partial charge in [0.2, 0.25) is 0 Å². The number of aromatic amines is 1. The molecular formula is C13H10BrN3O2. The minimum absolute atomic E-state index is 0.151. The first-order chi connectivity index (χ1) is 9.17. The Morgan fingerprint density at radius 2 is 2.16 bits per heavy atom. The molecule has 0 fully saturated rings. The summed E-state index contributed by atoms with van der Waals surface area (Å²) < 4.78 is 6.12. The van der Waals surface area contributed by atoms with Crippen LogP contribution in [-0.2, 0) is 0 Å². The summed E-state index contributed by atoms with van der Waals surface area (Å²) in [6, 6.07) is 6.77. The Bertz CT molecular complexity index is 755. The number of H-pyrrole nitrogens is 1. The van der Waals surface area contributed by atoms with Crippen LogP contribution in [0.4, 0.5) is 0 Å². The molecular weight excluding hydrogens is 310 g/mol. The highest BCUT2D eigenvalue weighted by Gasteiger charge is 2.12. The first-order valence-electron chi connectivity index (χ1n) is 5.56. The van der Waals surface area contributed by atoms with Gasteiger partial charge in [0.1, 0.15) is 22.8 Å². The molecule has 2 N–H and O–H groups in total. The van der Waals surface area contributed by atoms with Crippen LogP contribution in [0.25, 0.3) is 22.6 Å². The van der Waals surface area contributed by atoms with Crippen molar-refractivity contribution in [3.63, 3.8) is 0 Å². The van der Waals surface area contributed by atoms with Crippen molar-refractivity contribution < 1.29 is 9.84 Å². The predicted octanol–water partition coefficient (Wildman–Crippen LogP) is 3.10. The normalized spacial score (nSPS) is 10.8. The standard InChI is InChI=1S/C13H10BrN3O2/c1-19-11-5-8(18)2-3-9(11)12-16-10-4-7(14)6-15-13(10)17-12/h2-6,18H,1H3,(H,15,16,17). The second kappa shape index (κ2) is 4.55. The number of phenolic OH excluding ortho intramolecular Hbond substituents is 1. The number of aromatic hydroxyl groups is 1. The minimum atomic E-state index is 0.151. The molecule has 0 atom stereocenters. The number of benzene rings is 1. The molecule has 0 bridgehead atoms. The van der Waals surface area contributed by atoms with Crippen molar-refractivity contribution in [2.75, 3.05) is 7.11 Å². The number of nitrogens with zero attached hydrogens (tertiary/aromatic N) is 2. The fourth-order valence-corrected chi connectivity index (χ4v) is 2.19. The summed E-state index contributed by atoms with van der Waals surface area (Å²) in [5.74, 6) is 1.35. The number of hydrogen-bond donors (Lipinski definition) is 2. The number of nitrogens with one attached hydrogen (secondary N) is 1. The average Bonchev–Trinajstić information content (AvgIpc) is 2.81. The molecule has 0 amide bonds. The molecule has 3 rings (SSSR count). The molecule has 0 aliphatic heterocycles. The molecule has 0 radical (unpaired) electrons. The van der Waals surface area contributed by atoms with Crippen LogP contribution >= 0.6 is 15.9 Å². The highest BCUT2D eigenvalue weighted by Crippen LogP contribution is 2.32. The Morgan fingerprint density at radius 1 is 1.32 bits per heavy atom. The van der Waals surface area contributed by atoms with Gasteiger partial charge in [-0.3, -0.25) is 0 Å². The van der Waals surface area contributed by atoms with Gasteiger partial charge in [-0.2, -0.15) is 0 Å². The van der Waals surface area contributed by atoms with Crippen molar-refractivity contribution in [3.8, 4) is 22.9 Å². The second-order valence-electron chi connectivity index (χ2n) is 3.99. The first kappa shape index (κ1) is 12.0. The van der Waals surface area contributed by atoms with E-state index in [2.05, 4.69) is 30.9 Å². The summed E-state index contributed by atoms with van der Waals surface area (Å²) in [7, 11) is 1.55. The minimum Gasteiger partial charge on any atom is -0.508 e. The summed E-state index contributed by atoms with van der Waals surface area (Å²) in [5.41, 5.74) is 2.24. The van der Waals surface area contributed by atoms with Crippen LogP contribution in [0.15, 0.2) is 34.9 Å². The maximum Gasteiger partial charge on any atom is 0.157 e. The van der Waals surface area contributed by atoms with Crippen LogP contribution in [0.3, 0.4) is 0 Å². The van der Waals surface area contributed by atoms with Gasteiger partial charge in [0.15, 0.2) is 5.65 Å². The molecule has 2 heterocycles. The lowest BCUT2D eigenvalue weighted by Crippen LogP contribution is -1.89. The molecule has 2 aromatic heterocycles. The Balaban J connectivity index is 2.18. The fourth-order valence-electron chi connectivity index (χ4n) is 1.87. The topological polar surface area (TPSA) is 71.0 Å². The van der Waals surface area contributed by atoms with Gasteiger partial charge in [0.25, 0.3) is 0 Å². The Hall–Kier alpha value is -2.08. The van der Waals surface area contributed by atoms with Gasteiger partial charge in [-0.15, -0.1) is 0 Å². The third-order valence-electron chi connectivity index (χ3n) is 2.74. The molecule has 0 saturated heterocycles. The van der Waals surface area contributed by atoms with Crippen LogP contribution in [0, 0.1) is 0 Å². The molecule has 5 nitrogen and oxygen atoms in total.